The molecule has 23 heteroatoms. The van der Waals surface area contributed by atoms with E-state index >= 15 is 4.39 Å². The Morgan fingerprint density at radius 1 is 0.438 bits per heavy atom. The van der Waals surface area contributed by atoms with Gasteiger partial charge in [0.05, 0.1) is 73.0 Å². The number of pyridine rings is 4. The van der Waals surface area contributed by atoms with E-state index in [1.54, 1.807) is 87.2 Å². The number of aryl methyl sites for hydroxylation is 6. The summed E-state index contributed by atoms with van der Waals surface area (Å²) in [7, 11) is 0. The predicted octanol–water partition coefficient (Wildman–Crippen LogP) is 12.8. The zero-order chi connectivity index (χ0) is 65.6. The van der Waals surface area contributed by atoms with Crippen molar-refractivity contribution in [1.82, 2.24) is 65.3 Å². The van der Waals surface area contributed by atoms with Crippen LogP contribution in [0.15, 0.2) is 186 Å². The zero-order valence-corrected chi connectivity index (χ0v) is 51.9. The number of nitrogens with one attached hydrogen (secondary N) is 6. The maximum absolute atomic E-state index is 15.6. The van der Waals surface area contributed by atoms with Crippen molar-refractivity contribution < 1.29 is 33.3 Å². The van der Waals surface area contributed by atoms with Crippen LogP contribution >= 0.6 is 0 Å². The number of hydrogen-bond acceptors (Lipinski definition) is 16. The molecule has 1 fully saturated rings. The van der Waals surface area contributed by atoms with Gasteiger partial charge in [-0.15, -0.1) is 0 Å². The molecule has 1 aliphatic carbocycles. The summed E-state index contributed by atoms with van der Waals surface area (Å²) < 4.78 is 31.6. The highest BCUT2D eigenvalue weighted by atomic mass is 19.1. The van der Waals surface area contributed by atoms with Crippen molar-refractivity contribution >= 4 is 33.1 Å². The number of H-pyrrole nitrogens is 6. The van der Waals surface area contributed by atoms with E-state index in [0.717, 1.165) is 59.3 Å². The van der Waals surface area contributed by atoms with Gasteiger partial charge in [0, 0.05) is 58.2 Å². The van der Waals surface area contributed by atoms with Crippen LogP contribution in [0, 0.1) is 53.3 Å². The van der Waals surface area contributed by atoms with Gasteiger partial charge in [0.1, 0.15) is 28.4 Å². The maximum Gasteiger partial charge on any atom is 0.323 e. The SMILES string of the molecule is C.C.Cc1noc(C)c1-c1cc(C(O)(c2ccccc2)c2ccccn2)c2[nH]c(=O)[nH]c2c1.Cc1noc(C)c1-c1cc(C(O)(c2ccccn2)C2CCCCC2)c2[nH]c(=O)[nH]c2c1.Cc1noc(C)c1-c1cc(C(O)(c2ccccn2)c2ccccn2)c2[nH]c(=O)[nH]c2c1F. The lowest BCUT2D eigenvalue weighted by atomic mass is 9.71. The molecule has 0 amide bonds. The van der Waals surface area contributed by atoms with Crippen molar-refractivity contribution in [3.05, 3.63) is 275 Å². The van der Waals surface area contributed by atoms with Gasteiger partial charge in [-0.05, 0) is 156 Å². The average molecular weight is 1290 g/mol. The van der Waals surface area contributed by atoms with Crippen LogP contribution in [0.3, 0.4) is 0 Å². The minimum absolute atomic E-state index is 0. The summed E-state index contributed by atoms with van der Waals surface area (Å²) in [5.41, 5.74) is 5.68. The Balaban J connectivity index is 0.000000145. The van der Waals surface area contributed by atoms with Crippen molar-refractivity contribution in [1.29, 1.82) is 0 Å². The molecule has 2 unspecified atom stereocenters. The number of benzene rings is 4. The summed E-state index contributed by atoms with van der Waals surface area (Å²) in [6.45, 7) is 10.8. The normalized spacial score (nSPS) is 13.8. The predicted molar refractivity (Wildman–Crippen MR) is 362 cm³/mol. The molecule has 2 atom stereocenters. The molecule has 9 N–H and O–H groups in total. The summed E-state index contributed by atoms with van der Waals surface area (Å²) in [6, 6.07) is 39.5. The molecule has 96 heavy (non-hydrogen) atoms. The molecule has 0 radical (unpaired) electrons. The number of aliphatic hydroxyl groups is 3. The van der Waals surface area contributed by atoms with Crippen LogP contribution in [0.25, 0.3) is 66.5 Å². The molecule has 1 aliphatic rings. The van der Waals surface area contributed by atoms with Gasteiger partial charge in [-0.3, -0.25) is 19.9 Å². The van der Waals surface area contributed by atoms with Crippen molar-refractivity contribution in [2.75, 3.05) is 0 Å². The Hall–Kier alpha value is -11.3. The summed E-state index contributed by atoms with van der Waals surface area (Å²) in [5.74, 6) is 1.09. The van der Waals surface area contributed by atoms with Gasteiger partial charge in [-0.1, -0.05) is 104 Å². The number of aromatic nitrogens is 13. The van der Waals surface area contributed by atoms with E-state index in [1.807, 2.05) is 107 Å². The second kappa shape index (κ2) is 26.6. The third-order valence-corrected chi connectivity index (χ3v) is 17.7. The Kier molecular flexibility index (Phi) is 18.4. The van der Waals surface area contributed by atoms with Crippen molar-refractivity contribution in [2.24, 2.45) is 5.92 Å². The lowest BCUT2D eigenvalue weighted by molar-refractivity contribution is -0.00326. The molecule has 10 aromatic heterocycles. The monoisotopic (exact) mass is 1290 g/mol. The van der Waals surface area contributed by atoms with Crippen LogP contribution in [-0.4, -0.2) is 80.6 Å². The van der Waals surface area contributed by atoms with E-state index in [4.69, 9.17) is 13.6 Å². The quantitative estimate of drug-likeness (QED) is 0.0549. The van der Waals surface area contributed by atoms with Gasteiger partial charge in [-0.2, -0.15) is 0 Å². The fourth-order valence-electron chi connectivity index (χ4n) is 13.4. The van der Waals surface area contributed by atoms with E-state index in [2.05, 4.69) is 65.3 Å². The van der Waals surface area contributed by atoms with Crippen molar-refractivity contribution in [2.45, 2.75) is 105 Å². The minimum Gasteiger partial charge on any atom is -0.378 e. The third kappa shape index (κ3) is 11.7. The van der Waals surface area contributed by atoms with Crippen molar-refractivity contribution in [3.63, 3.8) is 0 Å². The fourth-order valence-corrected chi connectivity index (χ4v) is 13.4. The highest BCUT2D eigenvalue weighted by molar-refractivity contribution is 5.90. The van der Waals surface area contributed by atoms with Crippen LogP contribution in [0.2, 0.25) is 0 Å². The Labute approximate surface area is 548 Å². The topological polar surface area (TPSA) is 336 Å². The molecular weight excluding hydrogens is 1220 g/mol. The van der Waals surface area contributed by atoms with Crippen molar-refractivity contribution in [3.8, 4) is 33.4 Å². The second-order valence-corrected chi connectivity index (χ2v) is 23.5. The largest absolute Gasteiger partial charge is 0.378 e. The van der Waals surface area contributed by atoms with E-state index in [9.17, 15) is 29.7 Å². The number of rotatable bonds is 12. The van der Waals surface area contributed by atoms with Crippen LogP contribution in [0.1, 0.15) is 126 Å². The van der Waals surface area contributed by atoms with E-state index in [0.29, 0.717) is 78.7 Å². The summed E-state index contributed by atoms with van der Waals surface area (Å²) in [6.07, 6.45) is 11.5. The molecule has 0 spiro atoms. The number of aromatic amines is 6. The second-order valence-electron chi connectivity index (χ2n) is 23.5. The van der Waals surface area contributed by atoms with Crippen LogP contribution in [-0.2, 0) is 16.8 Å². The highest BCUT2D eigenvalue weighted by Crippen LogP contribution is 2.48. The van der Waals surface area contributed by atoms with Crippen LogP contribution < -0.4 is 17.1 Å². The molecule has 0 bridgehead atoms. The Morgan fingerprint density at radius 3 is 1.29 bits per heavy atom. The number of halogens is 1. The van der Waals surface area contributed by atoms with E-state index < -0.39 is 28.3 Å². The first-order valence-electron chi connectivity index (χ1n) is 30.5. The first-order valence-corrected chi connectivity index (χ1v) is 30.5. The van der Waals surface area contributed by atoms with Gasteiger partial charge >= 0.3 is 17.1 Å². The molecular formula is C73H72FN13O9. The van der Waals surface area contributed by atoms with Gasteiger partial charge in [0.15, 0.2) is 17.0 Å². The molecule has 0 aliphatic heterocycles. The molecule has 4 aromatic carbocycles. The molecule has 0 saturated heterocycles. The lowest BCUT2D eigenvalue weighted by Crippen LogP contribution is -2.38. The lowest BCUT2D eigenvalue weighted by Gasteiger charge is -2.39. The Morgan fingerprint density at radius 2 is 0.833 bits per heavy atom. The highest BCUT2D eigenvalue weighted by Gasteiger charge is 2.45. The van der Waals surface area contributed by atoms with Gasteiger partial charge in [-0.25, -0.2) is 18.8 Å². The zero-order valence-electron chi connectivity index (χ0n) is 51.9. The smallest absolute Gasteiger partial charge is 0.323 e. The fraction of sp³-hybridized carbons (Fsp3) is 0.233. The summed E-state index contributed by atoms with van der Waals surface area (Å²) in [5, 5.41) is 48.9. The minimum atomic E-state index is -1.90. The summed E-state index contributed by atoms with van der Waals surface area (Å²) in [4.78, 5) is 71.0. The standard InChI is InChI=1S/C24H26N4O3.C24H20N4O3.C23H18FN5O3.2CH4/c2*1-14-21(15(2)31-28-14)16-12-18(22-19(13-16)26-23(29)27-22)24(30,17-8-4-3-5-9-17)20-10-6-7-11-25-20;1-12-18(13(2)32-29-12)14-11-15(20-21(19(14)24)28-22(30)27-20)23(31,16-7-3-5-9-25-16)17-8-4-6-10-26-17;;/h6-7,10-13,17,30H,3-5,8-9H2,1-2H3,(H2,26,27,29);3-13,30H,1-2H3,(H2,26,27,29);3-11,31H,1-2H3,(H2,27,28,30);2*1H4. The molecule has 15 rings (SSSR count). The van der Waals surface area contributed by atoms with Gasteiger partial charge in [0.25, 0.3) is 0 Å². The number of imidazole rings is 3. The van der Waals surface area contributed by atoms with Gasteiger partial charge in [0.2, 0.25) is 0 Å². The maximum atomic E-state index is 15.6. The number of fused-ring (bicyclic) bond motifs is 3. The average Bonchev–Trinajstić information content (AvgIpc) is 1.44. The van der Waals surface area contributed by atoms with E-state index in [-0.39, 0.29) is 65.7 Å². The number of hydrogen-bond donors (Lipinski definition) is 9. The molecule has 10 heterocycles. The third-order valence-electron chi connectivity index (χ3n) is 17.7. The van der Waals surface area contributed by atoms with Gasteiger partial charge < -0.3 is 58.8 Å². The molecule has 490 valence electrons. The van der Waals surface area contributed by atoms with Crippen LogP contribution in [0.5, 0.6) is 0 Å². The first kappa shape index (κ1) is 66.2. The molecule has 1 saturated carbocycles. The summed E-state index contributed by atoms with van der Waals surface area (Å²) >= 11 is 0. The molecule has 22 nitrogen and oxygen atoms in total. The first-order chi connectivity index (χ1) is 45.4. The van der Waals surface area contributed by atoms with Crippen LogP contribution in [0.4, 0.5) is 4.39 Å². The van der Waals surface area contributed by atoms with E-state index in [1.165, 1.54) is 12.5 Å². The number of nitrogens with zero attached hydrogens (tertiary/aromatic N) is 7. The Bertz CT molecular complexity index is 5100. The molecule has 14 aromatic rings.